The molecular weight excluding hydrogens is 411 g/mol. The van der Waals surface area contributed by atoms with Crippen LogP contribution in [-0.2, 0) is 20.6 Å². The number of carboxylic acids is 1. The first-order valence-corrected chi connectivity index (χ1v) is 11.0. The van der Waals surface area contributed by atoms with E-state index in [-0.39, 0.29) is 12.2 Å². The van der Waals surface area contributed by atoms with Crippen LogP contribution < -0.4 is 15.3 Å². The Bertz CT molecular complexity index is 1060. The van der Waals surface area contributed by atoms with Gasteiger partial charge >= 0.3 is 13.5 Å². The fraction of sp³-hybridized carbons (Fsp3) is 0.333. The summed E-state index contributed by atoms with van der Waals surface area (Å²) in [6, 6.07) is 7.41. The molecule has 0 spiro atoms. The quantitative estimate of drug-likeness (QED) is 0.404. The molecular formula is C18H23N6O5P. The van der Waals surface area contributed by atoms with E-state index in [1.165, 1.54) is 13.3 Å². The first-order valence-electron chi connectivity index (χ1n) is 9.14. The van der Waals surface area contributed by atoms with Crippen LogP contribution >= 0.6 is 7.52 Å². The number of ether oxygens (including phenoxy) is 1. The van der Waals surface area contributed by atoms with Gasteiger partial charge in [0, 0.05) is 0 Å². The number of benzene rings is 1. The zero-order valence-corrected chi connectivity index (χ0v) is 17.4. The van der Waals surface area contributed by atoms with E-state index in [0.717, 1.165) is 0 Å². The van der Waals surface area contributed by atoms with Gasteiger partial charge in [-0.15, -0.1) is 0 Å². The van der Waals surface area contributed by atoms with Gasteiger partial charge in [-0.25, -0.2) is 20.0 Å². The highest BCUT2D eigenvalue weighted by molar-refractivity contribution is 7.57. The number of aliphatic carboxylic acids is 1. The number of nitrogens with one attached hydrogen (secondary N) is 1. The third-order valence-electron chi connectivity index (χ3n) is 4.17. The third-order valence-corrected chi connectivity index (χ3v) is 5.94. The average Bonchev–Trinajstić information content (AvgIpc) is 3.11. The van der Waals surface area contributed by atoms with E-state index in [0.29, 0.717) is 23.5 Å². The number of hydrogen-bond donors (Lipinski definition) is 3. The van der Waals surface area contributed by atoms with Crippen molar-refractivity contribution in [3.63, 3.8) is 0 Å². The summed E-state index contributed by atoms with van der Waals surface area (Å²) in [5.41, 5.74) is 6.83. The molecule has 2 heterocycles. The van der Waals surface area contributed by atoms with Crippen molar-refractivity contribution in [2.24, 2.45) is 0 Å². The van der Waals surface area contributed by atoms with Crippen LogP contribution in [0.1, 0.15) is 13.8 Å². The minimum Gasteiger partial charge on any atom is -0.480 e. The van der Waals surface area contributed by atoms with Gasteiger partial charge in [-0.05, 0) is 26.0 Å². The Morgan fingerprint density at radius 3 is 2.70 bits per heavy atom. The van der Waals surface area contributed by atoms with Gasteiger partial charge in [0.2, 0.25) is 0 Å². The maximum Gasteiger partial charge on any atom is 0.342 e. The summed E-state index contributed by atoms with van der Waals surface area (Å²) in [7, 11) is -3.67. The van der Waals surface area contributed by atoms with Gasteiger partial charge in [0.1, 0.15) is 30.0 Å². The normalized spacial score (nSPS) is 15.4. The second-order valence-corrected chi connectivity index (χ2v) is 8.75. The molecule has 2 aromatic heterocycles. The molecule has 1 aromatic carbocycles. The van der Waals surface area contributed by atoms with Gasteiger partial charge in [-0.2, -0.15) is 0 Å². The highest BCUT2D eigenvalue weighted by Gasteiger charge is 2.31. The van der Waals surface area contributed by atoms with Crippen LogP contribution in [0.3, 0.4) is 0 Å². The summed E-state index contributed by atoms with van der Waals surface area (Å²) >= 11 is 0. The molecule has 0 aliphatic heterocycles. The molecule has 3 atom stereocenters. The maximum atomic E-state index is 13.3. The predicted molar refractivity (Wildman–Crippen MR) is 110 cm³/mol. The number of nitrogen functional groups attached to an aromatic ring is 1. The van der Waals surface area contributed by atoms with Crippen molar-refractivity contribution in [3.8, 4) is 5.75 Å². The molecule has 2 unspecified atom stereocenters. The van der Waals surface area contributed by atoms with Crippen LogP contribution in [0.2, 0.25) is 0 Å². The van der Waals surface area contributed by atoms with Crippen LogP contribution in [0.5, 0.6) is 5.75 Å². The third kappa shape index (κ3) is 5.32. The second kappa shape index (κ2) is 9.21. The van der Waals surface area contributed by atoms with Crippen molar-refractivity contribution in [1.29, 1.82) is 0 Å². The fourth-order valence-electron chi connectivity index (χ4n) is 2.68. The summed E-state index contributed by atoms with van der Waals surface area (Å²) in [6.45, 7) is 3.52. The number of nitrogens with two attached hydrogens (primary N) is 1. The lowest BCUT2D eigenvalue weighted by atomic mass is 10.3. The molecule has 3 aromatic rings. The molecule has 0 bridgehead atoms. The number of hydrogen-bond acceptors (Lipinski definition) is 8. The van der Waals surface area contributed by atoms with E-state index < -0.39 is 25.6 Å². The van der Waals surface area contributed by atoms with Crippen molar-refractivity contribution in [2.45, 2.75) is 32.5 Å². The first kappa shape index (κ1) is 21.7. The van der Waals surface area contributed by atoms with Crippen LogP contribution in [0.25, 0.3) is 11.2 Å². The monoisotopic (exact) mass is 434 g/mol. The van der Waals surface area contributed by atoms with Gasteiger partial charge in [0.25, 0.3) is 0 Å². The molecule has 0 aliphatic rings. The molecule has 160 valence electrons. The van der Waals surface area contributed by atoms with Crippen molar-refractivity contribution >= 4 is 30.5 Å². The van der Waals surface area contributed by atoms with Crippen LogP contribution in [0.4, 0.5) is 5.82 Å². The van der Waals surface area contributed by atoms with Crippen LogP contribution in [0, 0.1) is 0 Å². The number of aromatic nitrogens is 4. The summed E-state index contributed by atoms with van der Waals surface area (Å²) < 4.78 is 26.4. The standard InChI is InChI=1S/C18H23N6O5P/c1-12(8-24-10-22-15-16(19)20-9-21-17(15)24)28-11-30(27,23-13(2)18(25)26)29-14-6-4-3-5-7-14/h3-7,9-10,12-13H,8,11H2,1-2H3,(H,23,27)(H,25,26)(H2,19,20,21)/t12-,13?,30?/m1/s1. The molecule has 0 aliphatic carbocycles. The lowest BCUT2D eigenvalue weighted by molar-refractivity contribution is -0.138. The predicted octanol–water partition coefficient (Wildman–Crippen LogP) is 2.11. The van der Waals surface area contributed by atoms with Crippen molar-refractivity contribution < 1.29 is 23.7 Å². The SMILES string of the molecule is CC(NP(=O)(CO[C@H](C)Cn1cnc2c(N)ncnc21)Oc1ccccc1)C(=O)O. The lowest BCUT2D eigenvalue weighted by Gasteiger charge is -2.24. The van der Waals surface area contributed by atoms with Gasteiger partial charge in [-0.3, -0.25) is 9.36 Å². The van der Waals surface area contributed by atoms with E-state index in [2.05, 4.69) is 20.0 Å². The lowest BCUT2D eigenvalue weighted by Crippen LogP contribution is -2.34. The van der Waals surface area contributed by atoms with E-state index in [9.17, 15) is 14.5 Å². The molecule has 30 heavy (non-hydrogen) atoms. The van der Waals surface area contributed by atoms with Crippen molar-refractivity contribution in [2.75, 3.05) is 12.1 Å². The molecule has 0 fully saturated rings. The highest BCUT2D eigenvalue weighted by Crippen LogP contribution is 2.43. The zero-order chi connectivity index (χ0) is 21.7. The minimum absolute atomic E-state index is 0.278. The molecule has 0 saturated carbocycles. The summed E-state index contributed by atoms with van der Waals surface area (Å²) in [4.78, 5) is 23.5. The molecule has 3 rings (SSSR count). The smallest absolute Gasteiger partial charge is 0.342 e. The Hall–Kier alpha value is -3.01. The topological polar surface area (TPSA) is 154 Å². The number of rotatable bonds is 10. The van der Waals surface area contributed by atoms with Gasteiger partial charge < -0.3 is 24.7 Å². The number of anilines is 1. The average molecular weight is 434 g/mol. The van der Waals surface area contributed by atoms with Gasteiger partial charge in [-0.1, -0.05) is 18.2 Å². The molecule has 0 amide bonds. The number of carboxylic acid groups (broad SMARTS) is 1. The fourth-order valence-corrected chi connectivity index (χ4v) is 4.47. The second-order valence-electron chi connectivity index (χ2n) is 6.70. The minimum atomic E-state index is -3.67. The molecule has 11 nitrogen and oxygen atoms in total. The number of carbonyl (C=O) groups is 1. The number of fused-ring (bicyclic) bond motifs is 1. The van der Waals surface area contributed by atoms with E-state index in [4.69, 9.17) is 15.0 Å². The van der Waals surface area contributed by atoms with E-state index in [1.807, 2.05) is 0 Å². The summed E-state index contributed by atoms with van der Waals surface area (Å²) in [5.74, 6) is -0.531. The Morgan fingerprint density at radius 1 is 1.27 bits per heavy atom. The Morgan fingerprint density at radius 2 is 2.00 bits per heavy atom. The zero-order valence-electron chi connectivity index (χ0n) is 16.5. The number of para-hydroxylation sites is 1. The Labute approximate surface area is 172 Å². The van der Waals surface area contributed by atoms with E-state index in [1.54, 1.807) is 48.1 Å². The molecule has 0 radical (unpaired) electrons. The molecule has 12 heteroatoms. The van der Waals surface area contributed by atoms with Gasteiger partial charge in [0.05, 0.1) is 19.0 Å². The van der Waals surface area contributed by atoms with E-state index >= 15 is 0 Å². The Balaban J connectivity index is 1.69. The molecule has 4 N–H and O–H groups in total. The number of imidazole rings is 1. The van der Waals surface area contributed by atoms with Crippen molar-refractivity contribution in [3.05, 3.63) is 43.0 Å². The van der Waals surface area contributed by atoms with Crippen LogP contribution in [0.15, 0.2) is 43.0 Å². The summed E-state index contributed by atoms with van der Waals surface area (Å²) in [6.07, 6.45) is 2.18. The largest absolute Gasteiger partial charge is 0.480 e. The van der Waals surface area contributed by atoms with Gasteiger partial charge in [0.15, 0.2) is 11.5 Å². The van der Waals surface area contributed by atoms with Crippen LogP contribution in [-0.4, -0.2) is 49.1 Å². The summed E-state index contributed by atoms with van der Waals surface area (Å²) in [5, 5.41) is 11.7. The number of nitrogens with zero attached hydrogens (tertiary/aromatic N) is 4. The maximum absolute atomic E-state index is 13.3. The molecule has 0 saturated heterocycles. The Kier molecular flexibility index (Phi) is 6.66. The van der Waals surface area contributed by atoms with Crippen molar-refractivity contribution in [1.82, 2.24) is 24.6 Å². The first-order chi connectivity index (χ1) is 14.3. The highest BCUT2D eigenvalue weighted by atomic mass is 31.2.